The summed E-state index contributed by atoms with van der Waals surface area (Å²) in [5.41, 5.74) is 0. The molecular weight excluding hydrogens is 270 g/mol. The van der Waals surface area contributed by atoms with Crippen LogP contribution in [0.15, 0.2) is 18.2 Å². The zero-order valence-corrected chi connectivity index (χ0v) is 9.46. The summed E-state index contributed by atoms with van der Waals surface area (Å²) in [4.78, 5) is 11.2. The number of hydrogen-bond acceptors (Lipinski definition) is 3. The Balaban J connectivity index is 2.08. The molecule has 8 heteroatoms. The average molecular weight is 279 g/mol. The van der Waals surface area contributed by atoms with Crippen LogP contribution in [0.2, 0.25) is 0 Å². The monoisotopic (exact) mass is 279 g/mol. The molecule has 0 bridgehead atoms. The topological polar surface area (TPSA) is 47.6 Å². The normalized spacial score (nSPS) is 19.2. The fraction of sp³-hybridized carbons (Fsp3) is 0.364. The first-order valence-electron chi connectivity index (χ1n) is 5.35. The Morgan fingerprint density at radius 1 is 1.32 bits per heavy atom. The first-order chi connectivity index (χ1) is 8.85. The molecule has 0 saturated carbocycles. The van der Waals surface area contributed by atoms with Crippen LogP contribution >= 0.6 is 0 Å². The smallest absolute Gasteiger partial charge is 0.480 e. The van der Waals surface area contributed by atoms with Crippen LogP contribution in [-0.2, 0) is 4.79 Å². The van der Waals surface area contributed by atoms with Crippen LogP contribution in [0.1, 0.15) is 6.42 Å². The molecule has 1 aromatic carbocycles. The van der Waals surface area contributed by atoms with Crippen molar-refractivity contribution in [1.29, 1.82) is 0 Å². The van der Waals surface area contributed by atoms with Crippen molar-refractivity contribution in [2.45, 2.75) is 18.9 Å². The Labute approximate surface area is 105 Å². The van der Waals surface area contributed by atoms with Crippen molar-refractivity contribution < 1.29 is 31.8 Å². The molecule has 1 amide bonds. The highest BCUT2D eigenvalue weighted by Gasteiger charge is 2.32. The minimum Gasteiger partial charge on any atom is -0.480 e. The molecule has 19 heavy (non-hydrogen) atoms. The van der Waals surface area contributed by atoms with E-state index in [9.17, 15) is 22.4 Å². The molecule has 0 aromatic heterocycles. The Morgan fingerprint density at radius 3 is 2.58 bits per heavy atom. The summed E-state index contributed by atoms with van der Waals surface area (Å²) in [5.74, 6) is -2.53. The van der Waals surface area contributed by atoms with E-state index in [0.717, 1.165) is 18.2 Å². The lowest BCUT2D eigenvalue weighted by Crippen LogP contribution is -2.27. The van der Waals surface area contributed by atoms with Gasteiger partial charge in [0.05, 0.1) is 0 Å². The minimum absolute atomic E-state index is 0.0333. The molecular formula is C11H9F4NO3. The predicted octanol–water partition coefficient (Wildman–Crippen LogP) is 1.99. The fourth-order valence-electron chi connectivity index (χ4n) is 1.61. The first kappa shape index (κ1) is 13.4. The molecule has 1 fully saturated rings. The van der Waals surface area contributed by atoms with Gasteiger partial charge in [0, 0.05) is 19.0 Å². The van der Waals surface area contributed by atoms with Gasteiger partial charge in [0.25, 0.3) is 5.91 Å². The number of benzene rings is 1. The molecule has 1 aromatic rings. The summed E-state index contributed by atoms with van der Waals surface area (Å²) in [6, 6.07) is 2.65. The number of nitrogens with one attached hydrogen (secondary N) is 1. The summed E-state index contributed by atoms with van der Waals surface area (Å²) in [6.07, 6.45) is -5.30. The van der Waals surface area contributed by atoms with E-state index in [2.05, 4.69) is 10.1 Å². The molecule has 0 spiro atoms. The molecule has 0 aliphatic carbocycles. The number of halogens is 4. The maximum Gasteiger partial charge on any atom is 0.573 e. The number of amides is 1. The quantitative estimate of drug-likeness (QED) is 0.861. The number of rotatable bonds is 3. The summed E-state index contributed by atoms with van der Waals surface area (Å²) in [6.45, 7) is 0.446. The van der Waals surface area contributed by atoms with Gasteiger partial charge in [0.1, 0.15) is 5.75 Å². The SMILES string of the molecule is O=C1NCCC1Oc1ccc(OC(F)(F)F)c(F)c1. The molecule has 1 unspecified atom stereocenters. The van der Waals surface area contributed by atoms with Crippen LogP contribution in [0, 0.1) is 5.82 Å². The van der Waals surface area contributed by atoms with Gasteiger partial charge in [0.15, 0.2) is 17.7 Å². The van der Waals surface area contributed by atoms with Crippen LogP contribution in [0.25, 0.3) is 0 Å². The van der Waals surface area contributed by atoms with Gasteiger partial charge in [0.2, 0.25) is 0 Å². The molecule has 0 radical (unpaired) electrons. The van der Waals surface area contributed by atoms with Crippen LogP contribution in [0.3, 0.4) is 0 Å². The molecule has 1 atom stereocenters. The van der Waals surface area contributed by atoms with Gasteiger partial charge in [-0.1, -0.05) is 0 Å². The van der Waals surface area contributed by atoms with Gasteiger partial charge in [-0.25, -0.2) is 4.39 Å². The number of hydrogen-bond donors (Lipinski definition) is 1. The van der Waals surface area contributed by atoms with Crippen molar-refractivity contribution in [3.63, 3.8) is 0 Å². The van der Waals surface area contributed by atoms with Crippen LogP contribution in [-0.4, -0.2) is 24.9 Å². The van der Waals surface area contributed by atoms with Crippen molar-refractivity contribution in [2.24, 2.45) is 0 Å². The van der Waals surface area contributed by atoms with Crippen molar-refractivity contribution in [1.82, 2.24) is 5.32 Å². The van der Waals surface area contributed by atoms with Crippen molar-refractivity contribution in [3.8, 4) is 11.5 Å². The summed E-state index contributed by atoms with van der Waals surface area (Å²) in [7, 11) is 0. The summed E-state index contributed by atoms with van der Waals surface area (Å²) >= 11 is 0. The maximum absolute atomic E-state index is 13.3. The first-order valence-corrected chi connectivity index (χ1v) is 5.35. The lowest BCUT2D eigenvalue weighted by molar-refractivity contribution is -0.275. The van der Waals surface area contributed by atoms with Crippen LogP contribution in [0.5, 0.6) is 11.5 Å². The summed E-state index contributed by atoms with van der Waals surface area (Å²) < 4.78 is 57.8. The molecule has 4 nitrogen and oxygen atoms in total. The standard InChI is InChI=1S/C11H9F4NO3/c12-7-5-6(18-9-3-4-16-10(9)17)1-2-8(7)19-11(13,14)15/h1-2,5,9H,3-4H2,(H,16,17). The fourth-order valence-corrected chi connectivity index (χ4v) is 1.61. The van der Waals surface area contributed by atoms with Crippen molar-refractivity contribution >= 4 is 5.91 Å². The van der Waals surface area contributed by atoms with Crippen LogP contribution < -0.4 is 14.8 Å². The Hall–Kier alpha value is -1.99. The second-order valence-electron chi connectivity index (χ2n) is 3.83. The van der Waals surface area contributed by atoms with Gasteiger partial charge >= 0.3 is 6.36 Å². The lowest BCUT2D eigenvalue weighted by Gasteiger charge is -2.13. The van der Waals surface area contributed by atoms with E-state index in [1.807, 2.05) is 0 Å². The number of carbonyl (C=O) groups excluding carboxylic acids is 1. The van der Waals surface area contributed by atoms with E-state index < -0.39 is 24.0 Å². The predicted molar refractivity (Wildman–Crippen MR) is 55.1 cm³/mol. The molecule has 1 saturated heterocycles. The lowest BCUT2D eigenvalue weighted by atomic mass is 10.3. The third-order valence-corrected chi connectivity index (χ3v) is 2.41. The number of ether oxygens (including phenoxy) is 2. The van der Waals surface area contributed by atoms with E-state index in [-0.39, 0.29) is 11.7 Å². The van der Waals surface area contributed by atoms with Crippen molar-refractivity contribution in [3.05, 3.63) is 24.0 Å². The van der Waals surface area contributed by atoms with E-state index in [4.69, 9.17) is 4.74 Å². The minimum atomic E-state index is -4.96. The molecule has 1 heterocycles. The third-order valence-electron chi connectivity index (χ3n) is 2.41. The van der Waals surface area contributed by atoms with Gasteiger partial charge in [-0.05, 0) is 12.1 Å². The Kier molecular flexibility index (Phi) is 3.50. The van der Waals surface area contributed by atoms with Crippen LogP contribution in [0.4, 0.5) is 17.6 Å². The second-order valence-corrected chi connectivity index (χ2v) is 3.83. The number of alkyl halides is 3. The van der Waals surface area contributed by atoms with Gasteiger partial charge in [-0.2, -0.15) is 0 Å². The molecule has 2 rings (SSSR count). The van der Waals surface area contributed by atoms with E-state index in [1.54, 1.807) is 0 Å². The molecule has 104 valence electrons. The van der Waals surface area contributed by atoms with Crippen molar-refractivity contribution in [2.75, 3.05) is 6.54 Å². The highest BCUT2D eigenvalue weighted by atomic mass is 19.4. The van der Waals surface area contributed by atoms with E-state index in [1.165, 1.54) is 0 Å². The molecule has 1 N–H and O–H groups in total. The summed E-state index contributed by atoms with van der Waals surface area (Å²) in [5, 5.41) is 2.52. The highest BCUT2D eigenvalue weighted by molar-refractivity contribution is 5.83. The maximum atomic E-state index is 13.3. The van der Waals surface area contributed by atoms with E-state index >= 15 is 0 Å². The average Bonchev–Trinajstić information content (AvgIpc) is 2.67. The molecule has 1 aliphatic rings. The highest BCUT2D eigenvalue weighted by Crippen LogP contribution is 2.28. The Morgan fingerprint density at radius 2 is 2.05 bits per heavy atom. The van der Waals surface area contributed by atoms with E-state index in [0.29, 0.717) is 13.0 Å². The van der Waals surface area contributed by atoms with Gasteiger partial charge in [-0.3, -0.25) is 4.79 Å². The zero-order chi connectivity index (χ0) is 14.0. The van der Waals surface area contributed by atoms with Gasteiger partial charge in [-0.15, -0.1) is 13.2 Å². The third kappa shape index (κ3) is 3.49. The Bertz CT molecular complexity index is 489. The second kappa shape index (κ2) is 4.94. The number of carbonyl (C=O) groups is 1. The molecule has 1 aliphatic heterocycles. The zero-order valence-electron chi connectivity index (χ0n) is 9.46. The largest absolute Gasteiger partial charge is 0.573 e. The van der Waals surface area contributed by atoms with Gasteiger partial charge < -0.3 is 14.8 Å².